The number of rotatable bonds is 7. The van der Waals surface area contributed by atoms with E-state index < -0.39 is 0 Å². The van der Waals surface area contributed by atoms with Crippen LogP contribution in [0.4, 0.5) is 0 Å². The van der Waals surface area contributed by atoms with Crippen LogP contribution in [0.25, 0.3) is 0 Å². The molecule has 0 N–H and O–H groups in total. The van der Waals surface area contributed by atoms with Gasteiger partial charge in [-0.2, -0.15) is 5.26 Å². The topological polar surface area (TPSA) is 53.3 Å². The number of nitrogens with zero attached hydrogens (tertiary/aromatic N) is 2. The molecule has 1 fully saturated rings. The second kappa shape index (κ2) is 7.12. The van der Waals surface area contributed by atoms with Crippen molar-refractivity contribution in [2.45, 2.75) is 39.2 Å². The van der Waals surface area contributed by atoms with Crippen molar-refractivity contribution in [3.05, 3.63) is 29.8 Å². The minimum Gasteiger partial charge on any atom is -0.482 e. The second-order valence-corrected chi connectivity index (χ2v) is 5.90. The molecule has 4 heteroatoms. The van der Waals surface area contributed by atoms with Crippen LogP contribution in [-0.2, 0) is 4.79 Å². The van der Waals surface area contributed by atoms with Crippen LogP contribution in [0, 0.1) is 17.2 Å². The summed E-state index contributed by atoms with van der Waals surface area (Å²) in [7, 11) is 0. The molecule has 1 amide bonds. The van der Waals surface area contributed by atoms with Gasteiger partial charge in [0, 0.05) is 12.6 Å². The fourth-order valence-corrected chi connectivity index (χ4v) is 2.20. The first-order valence-corrected chi connectivity index (χ1v) is 7.53. The lowest BCUT2D eigenvalue weighted by Crippen LogP contribution is -2.38. The maximum Gasteiger partial charge on any atom is 0.260 e. The smallest absolute Gasteiger partial charge is 0.260 e. The maximum absolute atomic E-state index is 12.3. The van der Waals surface area contributed by atoms with E-state index in [0.29, 0.717) is 23.3 Å². The van der Waals surface area contributed by atoms with Crippen molar-refractivity contribution >= 4 is 5.91 Å². The van der Waals surface area contributed by atoms with Crippen LogP contribution in [-0.4, -0.2) is 30.0 Å². The summed E-state index contributed by atoms with van der Waals surface area (Å²) in [6.07, 6.45) is 3.20. The lowest BCUT2D eigenvalue weighted by molar-refractivity contribution is -0.134. The molecule has 0 aliphatic heterocycles. The van der Waals surface area contributed by atoms with Gasteiger partial charge in [0.25, 0.3) is 5.91 Å². The van der Waals surface area contributed by atoms with Gasteiger partial charge in [-0.3, -0.25) is 4.79 Å². The number of carbonyl (C=O) groups excluding carboxylic acids is 1. The fraction of sp³-hybridized carbons (Fsp3) is 0.529. The van der Waals surface area contributed by atoms with Gasteiger partial charge in [0.1, 0.15) is 11.8 Å². The van der Waals surface area contributed by atoms with Gasteiger partial charge in [-0.1, -0.05) is 26.0 Å². The van der Waals surface area contributed by atoms with Crippen molar-refractivity contribution < 1.29 is 9.53 Å². The predicted molar refractivity (Wildman–Crippen MR) is 80.8 cm³/mol. The molecule has 1 aromatic rings. The number of hydrogen-bond acceptors (Lipinski definition) is 3. The van der Waals surface area contributed by atoms with E-state index in [-0.39, 0.29) is 12.5 Å². The molecule has 0 spiro atoms. The van der Waals surface area contributed by atoms with Gasteiger partial charge in [0.15, 0.2) is 6.61 Å². The Morgan fingerprint density at radius 2 is 2.14 bits per heavy atom. The third kappa shape index (κ3) is 4.49. The monoisotopic (exact) mass is 286 g/mol. The van der Waals surface area contributed by atoms with Gasteiger partial charge in [0.2, 0.25) is 0 Å². The summed E-state index contributed by atoms with van der Waals surface area (Å²) in [5, 5.41) is 9.01. The van der Waals surface area contributed by atoms with Crippen molar-refractivity contribution in [1.82, 2.24) is 4.90 Å². The Morgan fingerprint density at radius 3 is 2.76 bits per heavy atom. The molecule has 1 aromatic carbocycles. The van der Waals surface area contributed by atoms with Crippen LogP contribution in [0.2, 0.25) is 0 Å². The summed E-state index contributed by atoms with van der Waals surface area (Å²) in [4.78, 5) is 14.3. The molecular formula is C17H22N2O2. The highest BCUT2D eigenvalue weighted by molar-refractivity contribution is 5.78. The Bertz CT molecular complexity index is 530. The molecule has 4 nitrogen and oxygen atoms in total. The molecule has 0 bridgehead atoms. The number of para-hydroxylation sites is 1. The Labute approximate surface area is 126 Å². The zero-order valence-corrected chi connectivity index (χ0v) is 12.7. The van der Waals surface area contributed by atoms with Crippen molar-refractivity contribution in [2.24, 2.45) is 5.92 Å². The lowest BCUT2D eigenvalue weighted by Gasteiger charge is -2.23. The third-order valence-corrected chi connectivity index (χ3v) is 3.61. The van der Waals surface area contributed by atoms with Gasteiger partial charge in [-0.15, -0.1) is 0 Å². The summed E-state index contributed by atoms with van der Waals surface area (Å²) >= 11 is 0. The van der Waals surface area contributed by atoms with E-state index in [2.05, 4.69) is 19.9 Å². The highest BCUT2D eigenvalue weighted by atomic mass is 16.5. The number of carbonyl (C=O) groups is 1. The van der Waals surface area contributed by atoms with Crippen molar-refractivity contribution in [3.8, 4) is 11.8 Å². The predicted octanol–water partition coefficient (Wildman–Crippen LogP) is 2.97. The van der Waals surface area contributed by atoms with Crippen LogP contribution < -0.4 is 4.74 Å². The molecule has 1 aliphatic carbocycles. The number of benzene rings is 1. The maximum atomic E-state index is 12.3. The van der Waals surface area contributed by atoms with Gasteiger partial charge in [0.05, 0.1) is 5.56 Å². The summed E-state index contributed by atoms with van der Waals surface area (Å²) in [6.45, 7) is 5.13. The molecule has 112 valence electrons. The van der Waals surface area contributed by atoms with Gasteiger partial charge < -0.3 is 9.64 Å². The van der Waals surface area contributed by atoms with E-state index in [9.17, 15) is 4.79 Å². The van der Waals surface area contributed by atoms with Crippen LogP contribution in [0.1, 0.15) is 38.7 Å². The number of amides is 1. The minimum atomic E-state index is 0.00723. The largest absolute Gasteiger partial charge is 0.482 e. The molecule has 21 heavy (non-hydrogen) atoms. The van der Waals surface area contributed by atoms with E-state index in [1.165, 1.54) is 0 Å². The molecule has 0 heterocycles. The Hall–Kier alpha value is -2.02. The average molecular weight is 286 g/mol. The molecule has 0 aromatic heterocycles. The van der Waals surface area contributed by atoms with Crippen LogP contribution >= 0.6 is 0 Å². The molecule has 0 atom stereocenters. The first-order chi connectivity index (χ1) is 10.1. The van der Waals surface area contributed by atoms with Crippen molar-refractivity contribution in [1.29, 1.82) is 5.26 Å². The molecule has 1 saturated carbocycles. The first kappa shape index (κ1) is 15.4. The normalized spacial score (nSPS) is 13.8. The lowest BCUT2D eigenvalue weighted by atomic mass is 10.1. The summed E-state index contributed by atoms with van der Waals surface area (Å²) in [5.74, 6) is 1.08. The zero-order chi connectivity index (χ0) is 15.2. The Morgan fingerprint density at radius 1 is 1.43 bits per heavy atom. The van der Waals surface area contributed by atoms with E-state index in [0.717, 1.165) is 25.8 Å². The standard InChI is InChI=1S/C17H22N2O2/c1-13(2)9-10-19(15-7-8-15)17(20)12-21-16-6-4-3-5-14(16)11-18/h3-6,13,15H,7-10,12H2,1-2H3. The number of nitriles is 1. The molecule has 2 rings (SSSR count). The van der Waals surface area contributed by atoms with Crippen LogP contribution in [0.15, 0.2) is 24.3 Å². The second-order valence-electron chi connectivity index (χ2n) is 5.90. The molecule has 0 unspecified atom stereocenters. The highest BCUT2D eigenvalue weighted by Gasteiger charge is 2.32. The van der Waals surface area contributed by atoms with E-state index in [1.807, 2.05) is 4.90 Å². The first-order valence-electron chi connectivity index (χ1n) is 7.53. The van der Waals surface area contributed by atoms with E-state index in [4.69, 9.17) is 10.00 Å². The Kier molecular flexibility index (Phi) is 5.21. The van der Waals surface area contributed by atoms with Crippen LogP contribution in [0.3, 0.4) is 0 Å². The molecule has 0 saturated heterocycles. The van der Waals surface area contributed by atoms with Crippen molar-refractivity contribution in [3.63, 3.8) is 0 Å². The molecule has 0 radical (unpaired) electrons. The van der Waals surface area contributed by atoms with E-state index in [1.54, 1.807) is 24.3 Å². The Balaban J connectivity index is 1.91. The third-order valence-electron chi connectivity index (χ3n) is 3.61. The molecule has 1 aliphatic rings. The average Bonchev–Trinajstić information content (AvgIpc) is 3.30. The fourth-order valence-electron chi connectivity index (χ4n) is 2.20. The van der Waals surface area contributed by atoms with Crippen molar-refractivity contribution in [2.75, 3.05) is 13.2 Å². The van der Waals surface area contributed by atoms with Gasteiger partial charge in [-0.25, -0.2) is 0 Å². The minimum absolute atomic E-state index is 0.00723. The quantitative estimate of drug-likeness (QED) is 0.774. The van der Waals surface area contributed by atoms with E-state index >= 15 is 0 Å². The number of hydrogen-bond donors (Lipinski definition) is 0. The van der Waals surface area contributed by atoms with Crippen LogP contribution in [0.5, 0.6) is 5.75 Å². The summed E-state index contributed by atoms with van der Waals surface area (Å²) in [6, 6.07) is 9.47. The zero-order valence-electron chi connectivity index (χ0n) is 12.7. The summed E-state index contributed by atoms with van der Waals surface area (Å²) in [5.41, 5.74) is 0.463. The highest BCUT2D eigenvalue weighted by Crippen LogP contribution is 2.27. The van der Waals surface area contributed by atoms with Gasteiger partial charge in [-0.05, 0) is 37.3 Å². The summed E-state index contributed by atoms with van der Waals surface area (Å²) < 4.78 is 5.54. The SMILES string of the molecule is CC(C)CCN(C(=O)COc1ccccc1C#N)C1CC1. The van der Waals surface area contributed by atoms with Gasteiger partial charge >= 0.3 is 0 Å². The molecular weight excluding hydrogens is 264 g/mol. The number of ether oxygens (including phenoxy) is 1.